The first kappa shape index (κ1) is 13.8. The highest BCUT2D eigenvalue weighted by molar-refractivity contribution is 5.82. The third-order valence-electron chi connectivity index (χ3n) is 2.84. The first-order chi connectivity index (χ1) is 8.04. The SMILES string of the molecule is CCOC1CCN(C(=O)N[C@@H](C)C(=O)O)CC1. The molecule has 2 N–H and O–H groups in total. The van der Waals surface area contributed by atoms with Crippen LogP contribution in [0.1, 0.15) is 26.7 Å². The average molecular weight is 244 g/mol. The van der Waals surface area contributed by atoms with E-state index in [1.165, 1.54) is 6.92 Å². The highest BCUT2D eigenvalue weighted by Gasteiger charge is 2.24. The van der Waals surface area contributed by atoms with Crippen LogP contribution in [0.15, 0.2) is 0 Å². The predicted molar refractivity (Wildman–Crippen MR) is 61.9 cm³/mol. The quantitative estimate of drug-likeness (QED) is 0.762. The van der Waals surface area contributed by atoms with Gasteiger partial charge in [-0.25, -0.2) is 4.79 Å². The second kappa shape index (κ2) is 6.44. The molecule has 1 heterocycles. The molecule has 0 saturated carbocycles. The van der Waals surface area contributed by atoms with E-state index >= 15 is 0 Å². The van der Waals surface area contributed by atoms with Gasteiger partial charge in [-0.15, -0.1) is 0 Å². The minimum absolute atomic E-state index is 0.223. The summed E-state index contributed by atoms with van der Waals surface area (Å²) in [5.41, 5.74) is 0. The Labute approximate surface area is 101 Å². The van der Waals surface area contributed by atoms with Crippen molar-refractivity contribution in [2.45, 2.75) is 38.8 Å². The van der Waals surface area contributed by atoms with Crippen LogP contribution < -0.4 is 5.32 Å². The summed E-state index contributed by atoms with van der Waals surface area (Å²) in [6.07, 6.45) is 1.84. The molecule has 98 valence electrons. The van der Waals surface area contributed by atoms with Crippen molar-refractivity contribution in [1.29, 1.82) is 0 Å². The lowest BCUT2D eigenvalue weighted by molar-refractivity contribution is -0.138. The molecule has 0 unspecified atom stereocenters. The first-order valence-electron chi connectivity index (χ1n) is 5.94. The van der Waals surface area contributed by atoms with Crippen LogP contribution >= 0.6 is 0 Å². The smallest absolute Gasteiger partial charge is 0.325 e. The number of amides is 2. The third-order valence-corrected chi connectivity index (χ3v) is 2.84. The van der Waals surface area contributed by atoms with Crippen LogP contribution in [-0.2, 0) is 9.53 Å². The number of likely N-dealkylation sites (tertiary alicyclic amines) is 1. The molecule has 1 fully saturated rings. The molecule has 0 spiro atoms. The van der Waals surface area contributed by atoms with E-state index in [0.717, 1.165) is 12.8 Å². The molecule has 1 aliphatic heterocycles. The summed E-state index contributed by atoms with van der Waals surface area (Å²) in [6, 6.07) is -1.16. The summed E-state index contributed by atoms with van der Waals surface area (Å²) < 4.78 is 5.48. The number of aliphatic carboxylic acids is 1. The normalized spacial score (nSPS) is 18.8. The van der Waals surface area contributed by atoms with Crippen LogP contribution in [0.2, 0.25) is 0 Å². The Hall–Kier alpha value is -1.30. The molecule has 1 aliphatic rings. The molecule has 0 aromatic carbocycles. The number of carboxylic acid groups (broad SMARTS) is 1. The molecule has 6 nitrogen and oxygen atoms in total. The van der Waals surface area contributed by atoms with Crippen molar-refractivity contribution in [3.63, 3.8) is 0 Å². The highest BCUT2D eigenvalue weighted by Crippen LogP contribution is 2.13. The Kier molecular flexibility index (Phi) is 5.21. The first-order valence-corrected chi connectivity index (χ1v) is 5.94. The van der Waals surface area contributed by atoms with Gasteiger partial charge in [0.25, 0.3) is 0 Å². The molecule has 0 aliphatic carbocycles. The van der Waals surface area contributed by atoms with Gasteiger partial charge in [-0.3, -0.25) is 4.79 Å². The monoisotopic (exact) mass is 244 g/mol. The molecule has 0 aromatic heterocycles. The number of carbonyl (C=O) groups is 2. The van der Waals surface area contributed by atoms with Crippen molar-refractivity contribution < 1.29 is 19.4 Å². The fraction of sp³-hybridized carbons (Fsp3) is 0.818. The Balaban J connectivity index is 2.33. The molecule has 1 atom stereocenters. The van der Waals surface area contributed by atoms with Gasteiger partial charge in [-0.2, -0.15) is 0 Å². The summed E-state index contributed by atoms with van der Waals surface area (Å²) in [5.74, 6) is -1.03. The Morgan fingerprint density at radius 1 is 1.47 bits per heavy atom. The Bertz CT molecular complexity index is 275. The van der Waals surface area contributed by atoms with Gasteiger partial charge in [0.15, 0.2) is 0 Å². The van der Waals surface area contributed by atoms with Crippen LogP contribution in [-0.4, -0.2) is 53.8 Å². The predicted octanol–water partition coefficient (Wildman–Crippen LogP) is 0.670. The zero-order chi connectivity index (χ0) is 12.8. The maximum absolute atomic E-state index is 11.7. The summed E-state index contributed by atoms with van der Waals surface area (Å²) in [6.45, 7) is 5.32. The summed E-state index contributed by atoms with van der Waals surface area (Å²) in [5, 5.41) is 11.1. The van der Waals surface area contributed by atoms with E-state index in [0.29, 0.717) is 19.7 Å². The molecule has 1 rings (SSSR count). The fourth-order valence-corrected chi connectivity index (χ4v) is 1.80. The largest absolute Gasteiger partial charge is 0.480 e. The fourth-order valence-electron chi connectivity index (χ4n) is 1.80. The van der Waals surface area contributed by atoms with Gasteiger partial charge in [0.2, 0.25) is 0 Å². The van der Waals surface area contributed by atoms with E-state index in [9.17, 15) is 9.59 Å². The van der Waals surface area contributed by atoms with Crippen molar-refractivity contribution in [3.8, 4) is 0 Å². The molecular formula is C11H20N2O4. The number of urea groups is 1. The maximum atomic E-state index is 11.7. The van der Waals surface area contributed by atoms with Crippen LogP contribution in [0.4, 0.5) is 4.79 Å². The zero-order valence-electron chi connectivity index (χ0n) is 10.3. The van der Waals surface area contributed by atoms with E-state index < -0.39 is 12.0 Å². The zero-order valence-corrected chi connectivity index (χ0v) is 10.3. The van der Waals surface area contributed by atoms with Gasteiger partial charge in [0, 0.05) is 19.7 Å². The van der Waals surface area contributed by atoms with E-state index in [4.69, 9.17) is 9.84 Å². The molecule has 17 heavy (non-hydrogen) atoms. The van der Waals surface area contributed by atoms with Crippen LogP contribution in [0, 0.1) is 0 Å². The van der Waals surface area contributed by atoms with Gasteiger partial charge in [0.1, 0.15) is 6.04 Å². The summed E-state index contributed by atoms with van der Waals surface area (Å²) >= 11 is 0. The topological polar surface area (TPSA) is 78.9 Å². The van der Waals surface area contributed by atoms with Gasteiger partial charge in [0.05, 0.1) is 6.10 Å². The molecule has 0 radical (unpaired) electrons. The van der Waals surface area contributed by atoms with Crippen LogP contribution in [0.5, 0.6) is 0 Å². The molecule has 1 saturated heterocycles. The number of nitrogens with zero attached hydrogens (tertiary/aromatic N) is 1. The maximum Gasteiger partial charge on any atom is 0.325 e. The van der Waals surface area contributed by atoms with E-state index in [1.807, 2.05) is 6.92 Å². The molecule has 6 heteroatoms. The van der Waals surface area contributed by atoms with Crippen molar-refractivity contribution in [1.82, 2.24) is 10.2 Å². The van der Waals surface area contributed by atoms with Gasteiger partial charge in [-0.05, 0) is 26.7 Å². The molecule has 0 bridgehead atoms. The number of nitrogens with one attached hydrogen (secondary N) is 1. The lowest BCUT2D eigenvalue weighted by Crippen LogP contribution is -2.50. The van der Waals surface area contributed by atoms with Gasteiger partial charge < -0.3 is 20.1 Å². The van der Waals surface area contributed by atoms with Crippen molar-refractivity contribution >= 4 is 12.0 Å². The number of rotatable bonds is 4. The van der Waals surface area contributed by atoms with Crippen LogP contribution in [0.25, 0.3) is 0 Å². The van der Waals surface area contributed by atoms with Crippen LogP contribution in [0.3, 0.4) is 0 Å². The highest BCUT2D eigenvalue weighted by atomic mass is 16.5. The second-order valence-corrected chi connectivity index (χ2v) is 4.15. The van der Waals surface area contributed by atoms with E-state index in [2.05, 4.69) is 5.32 Å². The Morgan fingerprint density at radius 3 is 2.53 bits per heavy atom. The van der Waals surface area contributed by atoms with Crippen molar-refractivity contribution in [3.05, 3.63) is 0 Å². The van der Waals surface area contributed by atoms with Gasteiger partial charge in [-0.1, -0.05) is 0 Å². The van der Waals surface area contributed by atoms with Crippen molar-refractivity contribution in [2.75, 3.05) is 19.7 Å². The lowest BCUT2D eigenvalue weighted by atomic mass is 10.1. The summed E-state index contributed by atoms with van der Waals surface area (Å²) in [7, 11) is 0. The number of piperidine rings is 1. The summed E-state index contributed by atoms with van der Waals surface area (Å²) in [4.78, 5) is 23.9. The average Bonchev–Trinajstić information content (AvgIpc) is 2.30. The van der Waals surface area contributed by atoms with E-state index in [1.54, 1.807) is 4.90 Å². The van der Waals surface area contributed by atoms with Gasteiger partial charge >= 0.3 is 12.0 Å². The number of ether oxygens (including phenoxy) is 1. The molecule has 0 aromatic rings. The number of hydrogen-bond donors (Lipinski definition) is 2. The van der Waals surface area contributed by atoms with Crippen molar-refractivity contribution in [2.24, 2.45) is 0 Å². The number of carboxylic acids is 1. The van der Waals surface area contributed by atoms with E-state index in [-0.39, 0.29) is 12.1 Å². The minimum Gasteiger partial charge on any atom is -0.480 e. The second-order valence-electron chi connectivity index (χ2n) is 4.15. The lowest BCUT2D eigenvalue weighted by Gasteiger charge is -2.32. The minimum atomic E-state index is -1.03. The standard InChI is InChI=1S/C11H20N2O4/c1-3-17-9-4-6-13(7-5-9)11(16)12-8(2)10(14)15/h8-9H,3-7H2,1-2H3,(H,12,16)(H,14,15)/t8-/m0/s1. The molecular weight excluding hydrogens is 224 g/mol. The number of hydrogen-bond acceptors (Lipinski definition) is 3. The molecule has 2 amide bonds. The Morgan fingerprint density at radius 2 is 2.06 bits per heavy atom. The number of carbonyl (C=O) groups excluding carboxylic acids is 1. The third kappa shape index (κ3) is 4.22.